The molecule has 3 nitrogen and oxygen atoms in total. The lowest BCUT2D eigenvalue weighted by atomic mass is 10.2. The molecule has 1 saturated heterocycles. The predicted molar refractivity (Wildman–Crippen MR) is 45.7 cm³/mol. The van der Waals surface area contributed by atoms with E-state index in [2.05, 4.69) is 16.0 Å². The summed E-state index contributed by atoms with van der Waals surface area (Å²) in [6, 6.07) is 6.46. The molecule has 1 fully saturated rings. The maximum Gasteiger partial charge on any atom is 0.120 e. The van der Waals surface area contributed by atoms with Crippen LogP contribution in [0.1, 0.15) is 18.2 Å². The summed E-state index contributed by atoms with van der Waals surface area (Å²) in [4.78, 5) is 0. The van der Waals surface area contributed by atoms with Gasteiger partial charge in [0.25, 0.3) is 0 Å². The topological polar surface area (TPSA) is 40.8 Å². The lowest BCUT2D eigenvalue weighted by Crippen LogP contribution is -2.13. The molecule has 1 aromatic heterocycles. The highest BCUT2D eigenvalue weighted by molar-refractivity contribution is 5.23. The van der Waals surface area contributed by atoms with Gasteiger partial charge in [-0.3, -0.25) is 0 Å². The molecule has 1 aliphatic rings. The molecule has 1 unspecified atom stereocenters. The molecule has 12 heavy (non-hydrogen) atoms. The van der Waals surface area contributed by atoms with Crippen molar-refractivity contribution in [3.8, 4) is 6.07 Å². The van der Waals surface area contributed by atoms with Gasteiger partial charge in [-0.1, -0.05) is 0 Å². The molecule has 2 heterocycles. The quantitative estimate of drug-likeness (QED) is 0.664. The van der Waals surface area contributed by atoms with Crippen LogP contribution in [0.5, 0.6) is 0 Å². The Kier molecular flexibility index (Phi) is 1.84. The van der Waals surface area contributed by atoms with Crippen LogP contribution in [-0.4, -0.2) is 17.7 Å². The van der Waals surface area contributed by atoms with Crippen LogP contribution in [0.25, 0.3) is 0 Å². The Morgan fingerprint density at radius 1 is 1.67 bits per heavy atom. The number of hydrogen-bond donors (Lipinski definition) is 1. The maximum atomic E-state index is 8.78. The summed E-state index contributed by atoms with van der Waals surface area (Å²) in [5.74, 6) is 0. The van der Waals surface area contributed by atoms with E-state index >= 15 is 0 Å². The molecule has 0 radical (unpaired) electrons. The standard InChI is InChI=1S/C9H11N3/c10-6-8-2-1-5-12(8)9-3-4-11-7-9/h1-2,5,9,11H,3-4,7H2. The van der Waals surface area contributed by atoms with E-state index < -0.39 is 0 Å². The monoisotopic (exact) mass is 161 g/mol. The molecule has 1 aromatic rings. The molecule has 62 valence electrons. The summed E-state index contributed by atoms with van der Waals surface area (Å²) in [5.41, 5.74) is 0.767. The molecule has 0 saturated carbocycles. The van der Waals surface area contributed by atoms with Crippen LogP contribution < -0.4 is 5.32 Å². The van der Waals surface area contributed by atoms with Crippen molar-refractivity contribution in [2.24, 2.45) is 0 Å². The Balaban J connectivity index is 2.27. The second-order valence-electron chi connectivity index (χ2n) is 3.06. The fourth-order valence-corrected chi connectivity index (χ4v) is 1.68. The van der Waals surface area contributed by atoms with Crippen LogP contribution in [-0.2, 0) is 0 Å². The number of nitrogens with zero attached hydrogens (tertiary/aromatic N) is 2. The van der Waals surface area contributed by atoms with Crippen molar-refractivity contribution >= 4 is 0 Å². The SMILES string of the molecule is N#Cc1cccn1C1CCNC1. The van der Waals surface area contributed by atoms with Gasteiger partial charge in [0.05, 0.1) is 0 Å². The number of aromatic nitrogens is 1. The van der Waals surface area contributed by atoms with Crippen molar-refractivity contribution in [1.82, 2.24) is 9.88 Å². The number of rotatable bonds is 1. The van der Waals surface area contributed by atoms with Crippen LogP contribution in [0.4, 0.5) is 0 Å². The lowest BCUT2D eigenvalue weighted by molar-refractivity contribution is 0.545. The number of nitrogens with one attached hydrogen (secondary N) is 1. The number of hydrogen-bond acceptors (Lipinski definition) is 2. The molecule has 0 aromatic carbocycles. The van der Waals surface area contributed by atoms with E-state index in [1.807, 2.05) is 18.3 Å². The minimum Gasteiger partial charge on any atom is -0.335 e. The zero-order chi connectivity index (χ0) is 8.39. The van der Waals surface area contributed by atoms with E-state index in [1.165, 1.54) is 0 Å². The average Bonchev–Trinajstić information content (AvgIpc) is 2.74. The van der Waals surface area contributed by atoms with E-state index in [9.17, 15) is 0 Å². The van der Waals surface area contributed by atoms with Crippen molar-refractivity contribution in [2.45, 2.75) is 12.5 Å². The first kappa shape index (κ1) is 7.38. The van der Waals surface area contributed by atoms with Gasteiger partial charge in [-0.05, 0) is 25.1 Å². The molecule has 2 rings (SSSR count). The molecule has 3 heteroatoms. The molecule has 0 amide bonds. The first-order valence-electron chi connectivity index (χ1n) is 4.19. The molecular weight excluding hydrogens is 150 g/mol. The minimum atomic E-state index is 0.481. The van der Waals surface area contributed by atoms with Crippen LogP contribution in [0.3, 0.4) is 0 Å². The van der Waals surface area contributed by atoms with Gasteiger partial charge in [0.1, 0.15) is 11.8 Å². The third-order valence-electron chi connectivity index (χ3n) is 2.32. The van der Waals surface area contributed by atoms with Gasteiger partial charge >= 0.3 is 0 Å². The molecular formula is C9H11N3. The van der Waals surface area contributed by atoms with Crippen molar-refractivity contribution in [1.29, 1.82) is 5.26 Å². The highest BCUT2D eigenvalue weighted by atomic mass is 15.1. The van der Waals surface area contributed by atoms with E-state index in [-0.39, 0.29) is 0 Å². The van der Waals surface area contributed by atoms with Gasteiger partial charge in [0.2, 0.25) is 0 Å². The molecule has 1 aliphatic heterocycles. The van der Waals surface area contributed by atoms with Gasteiger partial charge in [0.15, 0.2) is 0 Å². The smallest absolute Gasteiger partial charge is 0.120 e. The van der Waals surface area contributed by atoms with Gasteiger partial charge in [0, 0.05) is 18.8 Å². The number of nitriles is 1. The second-order valence-corrected chi connectivity index (χ2v) is 3.06. The first-order chi connectivity index (χ1) is 5.92. The van der Waals surface area contributed by atoms with Crippen LogP contribution in [0.15, 0.2) is 18.3 Å². The molecule has 0 bridgehead atoms. The van der Waals surface area contributed by atoms with Crippen molar-refractivity contribution in [3.63, 3.8) is 0 Å². The van der Waals surface area contributed by atoms with Crippen molar-refractivity contribution in [2.75, 3.05) is 13.1 Å². The molecule has 0 aliphatic carbocycles. The van der Waals surface area contributed by atoms with Gasteiger partial charge < -0.3 is 9.88 Å². The Morgan fingerprint density at radius 2 is 2.58 bits per heavy atom. The zero-order valence-electron chi connectivity index (χ0n) is 6.83. The molecule has 1 atom stereocenters. The Bertz CT molecular complexity index is 302. The summed E-state index contributed by atoms with van der Waals surface area (Å²) in [6.45, 7) is 2.05. The Hall–Kier alpha value is -1.27. The fraction of sp³-hybridized carbons (Fsp3) is 0.444. The summed E-state index contributed by atoms with van der Waals surface area (Å²) < 4.78 is 2.06. The van der Waals surface area contributed by atoms with Gasteiger partial charge in [-0.25, -0.2) is 0 Å². The highest BCUT2D eigenvalue weighted by Crippen LogP contribution is 2.17. The average molecular weight is 161 g/mol. The summed E-state index contributed by atoms with van der Waals surface area (Å²) in [6.07, 6.45) is 3.11. The zero-order valence-corrected chi connectivity index (χ0v) is 6.83. The van der Waals surface area contributed by atoms with Crippen LogP contribution >= 0.6 is 0 Å². The largest absolute Gasteiger partial charge is 0.335 e. The fourth-order valence-electron chi connectivity index (χ4n) is 1.68. The minimum absolute atomic E-state index is 0.481. The Morgan fingerprint density at radius 3 is 3.25 bits per heavy atom. The predicted octanol–water partition coefficient (Wildman–Crippen LogP) is 0.894. The van der Waals surface area contributed by atoms with E-state index in [4.69, 9.17) is 5.26 Å². The van der Waals surface area contributed by atoms with Crippen LogP contribution in [0, 0.1) is 11.3 Å². The van der Waals surface area contributed by atoms with Crippen molar-refractivity contribution in [3.05, 3.63) is 24.0 Å². The second kappa shape index (κ2) is 3.00. The summed E-state index contributed by atoms with van der Waals surface area (Å²) in [5, 5.41) is 12.1. The third kappa shape index (κ3) is 1.10. The first-order valence-corrected chi connectivity index (χ1v) is 4.19. The third-order valence-corrected chi connectivity index (χ3v) is 2.32. The van der Waals surface area contributed by atoms with Gasteiger partial charge in [-0.15, -0.1) is 0 Å². The summed E-state index contributed by atoms with van der Waals surface area (Å²) >= 11 is 0. The normalized spacial score (nSPS) is 22.4. The highest BCUT2D eigenvalue weighted by Gasteiger charge is 2.17. The molecule has 0 spiro atoms. The summed E-state index contributed by atoms with van der Waals surface area (Å²) in [7, 11) is 0. The van der Waals surface area contributed by atoms with Crippen molar-refractivity contribution < 1.29 is 0 Å². The Labute approximate surface area is 71.6 Å². The maximum absolute atomic E-state index is 8.78. The van der Waals surface area contributed by atoms with E-state index in [0.29, 0.717) is 6.04 Å². The lowest BCUT2D eigenvalue weighted by Gasteiger charge is -2.11. The van der Waals surface area contributed by atoms with E-state index in [1.54, 1.807) is 0 Å². The van der Waals surface area contributed by atoms with Crippen LogP contribution in [0.2, 0.25) is 0 Å². The van der Waals surface area contributed by atoms with Gasteiger partial charge in [-0.2, -0.15) is 5.26 Å². The van der Waals surface area contributed by atoms with E-state index in [0.717, 1.165) is 25.2 Å². The molecule has 1 N–H and O–H groups in total.